The Balaban J connectivity index is 2.23. The first-order valence-corrected chi connectivity index (χ1v) is 5.04. The average Bonchev–Trinajstić information content (AvgIpc) is 2.35. The zero-order valence-corrected chi connectivity index (χ0v) is 8.67. The van der Waals surface area contributed by atoms with Gasteiger partial charge in [-0.1, -0.05) is 12.1 Å². The molecule has 0 saturated heterocycles. The molecule has 0 radical (unpaired) electrons. The Morgan fingerprint density at radius 3 is 2.88 bits per heavy atom. The van der Waals surface area contributed by atoms with Crippen LogP contribution in [0.25, 0.3) is 10.9 Å². The first-order chi connectivity index (χ1) is 7.81. The predicted molar refractivity (Wildman–Crippen MR) is 61.1 cm³/mol. The Hall–Kier alpha value is -1.72. The number of hydrogen-bond acceptors (Lipinski definition) is 5. The second-order valence-corrected chi connectivity index (χ2v) is 3.46. The number of hydrogen-bond donors (Lipinski definition) is 3. The molecule has 2 rings (SSSR count). The van der Waals surface area contributed by atoms with E-state index >= 15 is 0 Å². The Kier molecular flexibility index (Phi) is 3.28. The molecule has 0 bridgehead atoms. The minimum Gasteiger partial charge on any atom is -0.394 e. The first kappa shape index (κ1) is 10.8. The third kappa shape index (κ3) is 2.26. The molecule has 1 atom stereocenters. The highest BCUT2D eigenvalue weighted by Gasteiger charge is 2.05. The van der Waals surface area contributed by atoms with Crippen LogP contribution in [0.5, 0.6) is 0 Å². The first-order valence-electron chi connectivity index (χ1n) is 5.04. The largest absolute Gasteiger partial charge is 0.394 e. The molecule has 0 fully saturated rings. The summed E-state index contributed by atoms with van der Waals surface area (Å²) in [6, 6.07) is 7.61. The van der Waals surface area contributed by atoms with E-state index in [4.69, 9.17) is 5.11 Å². The molecule has 1 unspecified atom stereocenters. The molecule has 0 aliphatic carbocycles. The number of aliphatic hydroxyl groups is 2. The molecule has 2 aromatic rings. The van der Waals surface area contributed by atoms with Crippen molar-refractivity contribution in [3.8, 4) is 0 Å². The van der Waals surface area contributed by atoms with Crippen molar-refractivity contribution in [1.29, 1.82) is 0 Å². The number of benzene rings is 1. The Morgan fingerprint density at radius 1 is 1.25 bits per heavy atom. The molecule has 0 aliphatic rings. The topological polar surface area (TPSA) is 78.3 Å². The van der Waals surface area contributed by atoms with Gasteiger partial charge in [-0.25, -0.2) is 9.97 Å². The smallest absolute Gasteiger partial charge is 0.137 e. The maximum atomic E-state index is 9.24. The molecule has 0 amide bonds. The lowest BCUT2D eigenvalue weighted by Crippen LogP contribution is -2.23. The molecule has 1 heterocycles. The summed E-state index contributed by atoms with van der Waals surface area (Å²) in [5.41, 5.74) is 0.846. The van der Waals surface area contributed by atoms with Gasteiger partial charge in [0.25, 0.3) is 0 Å². The number of fused-ring (bicyclic) bond motifs is 1. The van der Waals surface area contributed by atoms with E-state index in [9.17, 15) is 5.11 Å². The molecule has 5 heteroatoms. The van der Waals surface area contributed by atoms with Crippen molar-refractivity contribution in [1.82, 2.24) is 9.97 Å². The second-order valence-electron chi connectivity index (χ2n) is 3.46. The number of anilines is 1. The predicted octanol–water partition coefficient (Wildman–Crippen LogP) is 0.395. The van der Waals surface area contributed by atoms with Crippen molar-refractivity contribution in [3.63, 3.8) is 0 Å². The van der Waals surface area contributed by atoms with Gasteiger partial charge in [0.05, 0.1) is 18.2 Å². The van der Waals surface area contributed by atoms with E-state index in [1.54, 1.807) is 0 Å². The van der Waals surface area contributed by atoms with Crippen molar-refractivity contribution in [2.45, 2.75) is 6.10 Å². The fraction of sp³-hybridized carbons (Fsp3) is 0.273. The van der Waals surface area contributed by atoms with Crippen molar-refractivity contribution >= 4 is 16.7 Å². The van der Waals surface area contributed by atoms with Gasteiger partial charge in [0.15, 0.2) is 0 Å². The third-order valence-corrected chi connectivity index (χ3v) is 2.26. The molecule has 0 saturated carbocycles. The van der Waals surface area contributed by atoms with Crippen molar-refractivity contribution in [3.05, 3.63) is 30.6 Å². The van der Waals surface area contributed by atoms with Gasteiger partial charge in [-0.2, -0.15) is 0 Å². The van der Waals surface area contributed by atoms with E-state index in [0.29, 0.717) is 5.82 Å². The van der Waals surface area contributed by atoms with Crippen LogP contribution in [-0.4, -0.2) is 39.4 Å². The summed E-state index contributed by atoms with van der Waals surface area (Å²) in [7, 11) is 0. The summed E-state index contributed by atoms with van der Waals surface area (Å²) < 4.78 is 0. The molecular weight excluding hydrogens is 206 g/mol. The Bertz CT molecular complexity index is 470. The summed E-state index contributed by atoms with van der Waals surface area (Å²) in [6.07, 6.45) is 0.685. The lowest BCUT2D eigenvalue weighted by Gasteiger charge is -2.10. The highest BCUT2D eigenvalue weighted by molar-refractivity contribution is 5.88. The molecular formula is C11H13N3O2. The van der Waals surface area contributed by atoms with Gasteiger partial charge in [-0.05, 0) is 12.1 Å². The molecule has 16 heavy (non-hydrogen) atoms. The molecule has 0 spiro atoms. The van der Waals surface area contributed by atoms with Crippen LogP contribution in [0.3, 0.4) is 0 Å². The zero-order valence-electron chi connectivity index (χ0n) is 8.67. The highest BCUT2D eigenvalue weighted by atomic mass is 16.3. The number of nitrogens with zero attached hydrogens (tertiary/aromatic N) is 2. The third-order valence-electron chi connectivity index (χ3n) is 2.26. The van der Waals surface area contributed by atoms with Crippen LogP contribution in [0.15, 0.2) is 30.6 Å². The monoisotopic (exact) mass is 219 g/mol. The molecule has 1 aromatic carbocycles. The summed E-state index contributed by atoms with van der Waals surface area (Å²) in [6.45, 7) is -0.00642. The van der Waals surface area contributed by atoms with Crippen LogP contribution in [0.4, 0.5) is 5.82 Å². The maximum Gasteiger partial charge on any atom is 0.137 e. The van der Waals surface area contributed by atoms with E-state index in [-0.39, 0.29) is 13.2 Å². The maximum absolute atomic E-state index is 9.24. The number of nitrogens with one attached hydrogen (secondary N) is 1. The van der Waals surface area contributed by atoms with Gasteiger partial charge >= 0.3 is 0 Å². The van der Waals surface area contributed by atoms with Crippen molar-refractivity contribution in [2.75, 3.05) is 18.5 Å². The number of aliphatic hydroxyl groups excluding tert-OH is 2. The lowest BCUT2D eigenvalue weighted by atomic mass is 10.2. The molecule has 1 aromatic heterocycles. The average molecular weight is 219 g/mol. The standard InChI is InChI=1S/C11H13N3O2/c15-6-8(16)5-12-11-9-3-1-2-4-10(9)13-7-14-11/h1-4,7-8,15-16H,5-6H2,(H,12,13,14). The van der Waals surface area contributed by atoms with E-state index in [0.717, 1.165) is 10.9 Å². The van der Waals surface area contributed by atoms with E-state index in [1.165, 1.54) is 6.33 Å². The highest BCUT2D eigenvalue weighted by Crippen LogP contribution is 2.17. The van der Waals surface area contributed by atoms with Crippen molar-refractivity contribution < 1.29 is 10.2 Å². The zero-order chi connectivity index (χ0) is 11.4. The van der Waals surface area contributed by atoms with Crippen LogP contribution in [0.1, 0.15) is 0 Å². The van der Waals surface area contributed by atoms with Crippen LogP contribution in [0, 0.1) is 0 Å². The van der Waals surface area contributed by atoms with Crippen LogP contribution in [-0.2, 0) is 0 Å². The SMILES string of the molecule is OCC(O)CNc1ncnc2ccccc12. The van der Waals surface area contributed by atoms with E-state index < -0.39 is 6.10 Å². The van der Waals surface area contributed by atoms with Gasteiger partial charge in [-0.3, -0.25) is 0 Å². The number of para-hydroxylation sites is 1. The number of aromatic nitrogens is 2. The summed E-state index contributed by atoms with van der Waals surface area (Å²) in [5.74, 6) is 0.665. The number of rotatable bonds is 4. The molecule has 3 N–H and O–H groups in total. The van der Waals surface area contributed by atoms with Crippen molar-refractivity contribution in [2.24, 2.45) is 0 Å². The minimum absolute atomic E-state index is 0.261. The van der Waals surface area contributed by atoms with Gasteiger partial charge < -0.3 is 15.5 Å². The van der Waals surface area contributed by atoms with E-state index in [2.05, 4.69) is 15.3 Å². The minimum atomic E-state index is -0.784. The summed E-state index contributed by atoms with van der Waals surface area (Å²) in [5, 5.41) is 21.8. The fourth-order valence-electron chi connectivity index (χ4n) is 1.42. The van der Waals surface area contributed by atoms with Gasteiger partial charge in [0.2, 0.25) is 0 Å². The summed E-state index contributed by atoms with van der Waals surface area (Å²) >= 11 is 0. The van der Waals surface area contributed by atoms with E-state index in [1.807, 2.05) is 24.3 Å². The quantitative estimate of drug-likeness (QED) is 0.693. The normalized spacial score (nSPS) is 12.6. The molecule has 0 aliphatic heterocycles. The van der Waals surface area contributed by atoms with Gasteiger partial charge in [0, 0.05) is 11.9 Å². The Morgan fingerprint density at radius 2 is 2.06 bits per heavy atom. The lowest BCUT2D eigenvalue weighted by molar-refractivity contribution is 0.105. The Labute approximate surface area is 92.8 Å². The van der Waals surface area contributed by atoms with Crippen LogP contribution < -0.4 is 5.32 Å². The van der Waals surface area contributed by atoms with Gasteiger partial charge in [0.1, 0.15) is 12.1 Å². The molecule has 5 nitrogen and oxygen atoms in total. The summed E-state index contributed by atoms with van der Waals surface area (Å²) in [4.78, 5) is 8.22. The molecule has 84 valence electrons. The second kappa shape index (κ2) is 4.87. The van der Waals surface area contributed by atoms with Gasteiger partial charge in [-0.15, -0.1) is 0 Å². The van der Waals surface area contributed by atoms with Crippen LogP contribution in [0.2, 0.25) is 0 Å². The van der Waals surface area contributed by atoms with Crippen LogP contribution >= 0.6 is 0 Å². The fourth-order valence-corrected chi connectivity index (χ4v) is 1.42.